The zero-order valence-corrected chi connectivity index (χ0v) is 17.1. The Morgan fingerprint density at radius 1 is 1.11 bits per heavy atom. The lowest BCUT2D eigenvalue weighted by Crippen LogP contribution is -2.48. The monoisotopic (exact) mass is 408 g/mol. The maximum Gasteiger partial charge on any atom is 0.254 e. The molecule has 1 amide bonds. The van der Waals surface area contributed by atoms with E-state index in [4.69, 9.17) is 0 Å². The first-order valence-corrected chi connectivity index (χ1v) is 10.7. The summed E-state index contributed by atoms with van der Waals surface area (Å²) in [6.45, 7) is 4.19. The van der Waals surface area contributed by atoms with Gasteiger partial charge in [-0.2, -0.15) is 0 Å². The summed E-state index contributed by atoms with van der Waals surface area (Å²) in [5, 5.41) is 3.35. The molecule has 27 heavy (non-hydrogen) atoms. The topological polar surface area (TPSA) is 66.5 Å². The van der Waals surface area contributed by atoms with Gasteiger partial charge in [0.1, 0.15) is 0 Å². The van der Waals surface area contributed by atoms with Crippen LogP contribution in [-0.4, -0.2) is 45.1 Å². The van der Waals surface area contributed by atoms with Crippen molar-refractivity contribution in [3.63, 3.8) is 0 Å². The Morgan fingerprint density at radius 2 is 1.74 bits per heavy atom. The Labute approximate surface area is 167 Å². The van der Waals surface area contributed by atoms with E-state index >= 15 is 0 Å². The summed E-state index contributed by atoms with van der Waals surface area (Å²) < 4.78 is 23.2. The van der Waals surface area contributed by atoms with Crippen molar-refractivity contribution in [1.82, 2.24) is 10.2 Å². The third-order valence-electron chi connectivity index (χ3n) is 4.81. The Morgan fingerprint density at radius 3 is 2.30 bits per heavy atom. The van der Waals surface area contributed by atoms with Gasteiger partial charge in [-0.15, -0.1) is 12.4 Å². The number of carbonyl (C=O) groups excluding carboxylic acids is 1. The maximum absolute atomic E-state index is 13.0. The average molecular weight is 409 g/mol. The zero-order valence-electron chi connectivity index (χ0n) is 15.5. The highest BCUT2D eigenvalue weighted by Gasteiger charge is 2.28. The predicted molar refractivity (Wildman–Crippen MR) is 109 cm³/mol. The van der Waals surface area contributed by atoms with Crippen LogP contribution in [-0.2, 0) is 16.3 Å². The average Bonchev–Trinajstić information content (AvgIpc) is 2.67. The molecule has 0 radical (unpaired) electrons. The molecule has 1 aliphatic heterocycles. The Bertz CT molecular complexity index is 880. The van der Waals surface area contributed by atoms with Crippen LogP contribution in [0.15, 0.2) is 53.4 Å². The fourth-order valence-electron chi connectivity index (χ4n) is 3.23. The Kier molecular flexibility index (Phi) is 7.03. The molecule has 1 heterocycles. The van der Waals surface area contributed by atoms with Crippen molar-refractivity contribution in [3.8, 4) is 0 Å². The van der Waals surface area contributed by atoms with Crippen LogP contribution in [0.5, 0.6) is 0 Å². The smallest absolute Gasteiger partial charge is 0.254 e. The van der Waals surface area contributed by atoms with Gasteiger partial charge < -0.3 is 10.2 Å². The molecule has 1 atom stereocenters. The molecule has 0 aliphatic carbocycles. The molecule has 1 unspecified atom stereocenters. The number of amides is 1. The lowest BCUT2D eigenvalue weighted by Gasteiger charge is -2.36. The van der Waals surface area contributed by atoms with Gasteiger partial charge in [0.15, 0.2) is 9.84 Å². The summed E-state index contributed by atoms with van der Waals surface area (Å²) in [6, 6.07) is 14.5. The molecule has 7 heteroatoms. The number of nitrogens with zero attached hydrogens (tertiary/aromatic N) is 1. The van der Waals surface area contributed by atoms with Crippen LogP contribution in [0.3, 0.4) is 0 Å². The highest BCUT2D eigenvalue weighted by molar-refractivity contribution is 7.90. The summed E-state index contributed by atoms with van der Waals surface area (Å²) in [5.41, 5.74) is 2.89. The van der Waals surface area contributed by atoms with Crippen molar-refractivity contribution in [2.45, 2.75) is 24.3 Å². The van der Waals surface area contributed by atoms with Crippen LogP contribution in [0, 0.1) is 0 Å². The van der Waals surface area contributed by atoms with E-state index in [0.29, 0.717) is 18.7 Å². The van der Waals surface area contributed by atoms with Gasteiger partial charge >= 0.3 is 0 Å². The molecule has 1 N–H and O–H groups in total. The standard InChI is InChI=1S/C20H24N2O3S.ClH/c1-3-15-4-6-16(7-5-15)19-14-21-12-13-22(19)20(23)17-8-10-18(11-9-17)26(2,24)25;/h4-11,19,21H,3,12-14H2,1-2H3;1H. The highest BCUT2D eigenvalue weighted by Crippen LogP contribution is 2.25. The van der Waals surface area contributed by atoms with E-state index in [0.717, 1.165) is 24.8 Å². The molecule has 1 saturated heterocycles. The molecule has 0 aromatic heterocycles. The molecule has 2 aromatic carbocycles. The lowest BCUT2D eigenvalue weighted by molar-refractivity contribution is 0.0634. The third kappa shape index (κ3) is 4.89. The van der Waals surface area contributed by atoms with Crippen LogP contribution < -0.4 is 5.32 Å². The van der Waals surface area contributed by atoms with E-state index in [2.05, 4.69) is 36.5 Å². The van der Waals surface area contributed by atoms with Crippen LogP contribution in [0.25, 0.3) is 0 Å². The Balaban J connectivity index is 0.00000261. The number of aryl methyl sites for hydroxylation is 1. The van der Waals surface area contributed by atoms with Gasteiger partial charge in [0.25, 0.3) is 5.91 Å². The SMILES string of the molecule is CCc1ccc(C2CNCCN2C(=O)c2ccc(S(C)(=O)=O)cc2)cc1.Cl. The summed E-state index contributed by atoms with van der Waals surface area (Å²) in [4.78, 5) is 15.1. The van der Waals surface area contributed by atoms with Crippen molar-refractivity contribution in [3.05, 3.63) is 65.2 Å². The number of carbonyl (C=O) groups is 1. The fourth-order valence-corrected chi connectivity index (χ4v) is 3.86. The number of hydrogen-bond acceptors (Lipinski definition) is 4. The molecule has 146 valence electrons. The summed E-state index contributed by atoms with van der Waals surface area (Å²) in [5.74, 6) is -0.0730. The minimum absolute atomic E-state index is 0. The van der Waals surface area contributed by atoms with E-state index in [1.807, 2.05) is 4.90 Å². The van der Waals surface area contributed by atoms with Crippen LogP contribution >= 0.6 is 12.4 Å². The summed E-state index contributed by atoms with van der Waals surface area (Å²) in [7, 11) is -3.27. The maximum atomic E-state index is 13.0. The van der Waals surface area contributed by atoms with Crippen LogP contribution in [0.4, 0.5) is 0 Å². The van der Waals surface area contributed by atoms with E-state index in [1.54, 1.807) is 12.1 Å². The number of benzene rings is 2. The largest absolute Gasteiger partial charge is 0.329 e. The van der Waals surface area contributed by atoms with Gasteiger partial charge in [-0.25, -0.2) is 8.42 Å². The zero-order chi connectivity index (χ0) is 18.7. The van der Waals surface area contributed by atoms with Gasteiger partial charge in [-0.05, 0) is 41.8 Å². The van der Waals surface area contributed by atoms with Crippen molar-refractivity contribution >= 4 is 28.2 Å². The number of nitrogens with one attached hydrogen (secondary N) is 1. The van der Waals surface area contributed by atoms with Gasteiger partial charge in [-0.3, -0.25) is 4.79 Å². The van der Waals surface area contributed by atoms with Crippen LogP contribution in [0.1, 0.15) is 34.5 Å². The summed E-state index contributed by atoms with van der Waals surface area (Å²) >= 11 is 0. The molecule has 0 bridgehead atoms. The molecule has 5 nitrogen and oxygen atoms in total. The normalized spacial score (nSPS) is 17.3. The second-order valence-electron chi connectivity index (χ2n) is 6.61. The molecule has 3 rings (SSSR count). The van der Waals surface area contributed by atoms with Gasteiger partial charge in [-0.1, -0.05) is 31.2 Å². The van der Waals surface area contributed by atoms with Crippen molar-refractivity contribution in [2.24, 2.45) is 0 Å². The van der Waals surface area contributed by atoms with E-state index in [1.165, 1.54) is 17.7 Å². The van der Waals surface area contributed by atoms with Crippen LogP contribution in [0.2, 0.25) is 0 Å². The minimum atomic E-state index is -3.27. The lowest BCUT2D eigenvalue weighted by atomic mass is 10.00. The van der Waals surface area contributed by atoms with Crippen molar-refractivity contribution in [2.75, 3.05) is 25.9 Å². The van der Waals surface area contributed by atoms with Gasteiger partial charge in [0.2, 0.25) is 0 Å². The number of hydrogen-bond donors (Lipinski definition) is 1. The number of halogens is 1. The fraction of sp³-hybridized carbons (Fsp3) is 0.350. The molecule has 1 fully saturated rings. The van der Waals surface area contributed by atoms with E-state index in [-0.39, 0.29) is 29.3 Å². The molecule has 2 aromatic rings. The quantitative estimate of drug-likeness (QED) is 0.844. The first-order chi connectivity index (χ1) is 12.4. The number of rotatable bonds is 4. The van der Waals surface area contributed by atoms with Gasteiger partial charge in [0.05, 0.1) is 10.9 Å². The highest BCUT2D eigenvalue weighted by atomic mass is 35.5. The number of piperazine rings is 1. The van der Waals surface area contributed by atoms with Crippen molar-refractivity contribution in [1.29, 1.82) is 0 Å². The molecular weight excluding hydrogens is 384 g/mol. The first kappa shape index (κ1) is 21.4. The Hall–Kier alpha value is -1.89. The molecule has 1 aliphatic rings. The third-order valence-corrected chi connectivity index (χ3v) is 5.93. The van der Waals surface area contributed by atoms with Gasteiger partial charge in [0, 0.05) is 31.5 Å². The minimum Gasteiger partial charge on any atom is -0.329 e. The molecule has 0 saturated carbocycles. The predicted octanol–water partition coefficient (Wildman–Crippen LogP) is 2.86. The van der Waals surface area contributed by atoms with E-state index in [9.17, 15) is 13.2 Å². The second kappa shape index (κ2) is 8.87. The second-order valence-corrected chi connectivity index (χ2v) is 8.63. The molecular formula is C20H25ClN2O3S. The number of sulfone groups is 1. The first-order valence-electron chi connectivity index (χ1n) is 8.81. The summed E-state index contributed by atoms with van der Waals surface area (Å²) in [6.07, 6.45) is 2.15. The van der Waals surface area contributed by atoms with Crippen molar-refractivity contribution < 1.29 is 13.2 Å². The van der Waals surface area contributed by atoms with E-state index < -0.39 is 9.84 Å². The molecule has 0 spiro atoms.